The molecule has 3 N–H and O–H groups in total. The highest BCUT2D eigenvalue weighted by Gasteiger charge is 2.16. The molecule has 0 spiro atoms. The van der Waals surface area contributed by atoms with Crippen LogP contribution in [-0.4, -0.2) is 38.2 Å². The number of nitrogens with one attached hydrogen (secondary N) is 1. The van der Waals surface area contributed by atoms with Crippen LogP contribution in [0, 0.1) is 11.3 Å². The molecular weight excluding hydrogens is 260 g/mol. The fourth-order valence-corrected chi connectivity index (χ4v) is 3.25. The number of anilines is 2. The molecule has 0 atom stereocenters. The first-order valence-corrected chi connectivity index (χ1v) is 7.40. The number of methoxy groups -OCH3 is 1. The number of thiophene rings is 1. The van der Waals surface area contributed by atoms with Crippen molar-refractivity contribution in [2.75, 3.05) is 44.3 Å². The maximum Gasteiger partial charge on any atom is 0.177 e. The number of rotatable bonds is 5. The molecule has 0 saturated carbocycles. The van der Waals surface area contributed by atoms with Crippen LogP contribution in [0.4, 0.5) is 10.7 Å². The van der Waals surface area contributed by atoms with Gasteiger partial charge in [-0.05, 0) is 25.9 Å². The van der Waals surface area contributed by atoms with Gasteiger partial charge in [-0.1, -0.05) is 6.42 Å². The second-order valence-electron chi connectivity index (χ2n) is 4.65. The summed E-state index contributed by atoms with van der Waals surface area (Å²) in [4.78, 5) is 2.97. The van der Waals surface area contributed by atoms with Gasteiger partial charge in [0.2, 0.25) is 0 Å². The third-order valence-electron chi connectivity index (χ3n) is 3.37. The topological polar surface area (TPSA) is 74.3 Å². The average molecular weight is 280 g/mol. The van der Waals surface area contributed by atoms with E-state index in [9.17, 15) is 0 Å². The Morgan fingerprint density at radius 1 is 1.42 bits per heavy atom. The minimum absolute atomic E-state index is 0.440. The molecule has 0 unspecified atom stereocenters. The van der Waals surface area contributed by atoms with E-state index in [2.05, 4.69) is 16.3 Å². The molecular formula is C13H20N4OS. The quantitative estimate of drug-likeness (QED) is 0.864. The van der Waals surface area contributed by atoms with E-state index in [0.717, 1.165) is 18.1 Å². The van der Waals surface area contributed by atoms with E-state index >= 15 is 0 Å². The molecule has 0 aliphatic carbocycles. The van der Waals surface area contributed by atoms with Gasteiger partial charge < -0.3 is 20.7 Å². The number of likely N-dealkylation sites (tertiary alicyclic amines) is 1. The van der Waals surface area contributed by atoms with Crippen LogP contribution in [0.5, 0.6) is 5.75 Å². The second kappa shape index (κ2) is 6.64. The van der Waals surface area contributed by atoms with Gasteiger partial charge >= 0.3 is 0 Å². The Morgan fingerprint density at radius 3 is 2.79 bits per heavy atom. The Bertz CT molecular complexity index is 460. The molecule has 0 radical (unpaired) electrons. The van der Waals surface area contributed by atoms with Crippen molar-refractivity contribution in [3.8, 4) is 11.8 Å². The van der Waals surface area contributed by atoms with Crippen LogP contribution in [0.15, 0.2) is 0 Å². The van der Waals surface area contributed by atoms with E-state index in [1.54, 1.807) is 7.11 Å². The van der Waals surface area contributed by atoms with Crippen LogP contribution in [-0.2, 0) is 0 Å². The van der Waals surface area contributed by atoms with Crippen molar-refractivity contribution in [1.29, 1.82) is 5.26 Å². The summed E-state index contributed by atoms with van der Waals surface area (Å²) in [5, 5.41) is 13.2. The Kier molecular flexibility index (Phi) is 4.88. The van der Waals surface area contributed by atoms with Gasteiger partial charge in [0.15, 0.2) is 5.75 Å². The summed E-state index contributed by atoms with van der Waals surface area (Å²) in [6, 6.07) is 2.09. The third kappa shape index (κ3) is 3.31. The zero-order valence-corrected chi connectivity index (χ0v) is 12.1. The summed E-state index contributed by atoms with van der Waals surface area (Å²) >= 11 is 1.36. The first kappa shape index (κ1) is 14.0. The summed E-state index contributed by atoms with van der Waals surface area (Å²) in [5.74, 6) is 0.597. The maximum atomic E-state index is 8.97. The fourth-order valence-electron chi connectivity index (χ4n) is 2.34. The minimum atomic E-state index is 0.440. The van der Waals surface area contributed by atoms with E-state index in [1.807, 2.05) is 0 Å². The standard InChI is InChI=1S/C13H20N4OS/c1-18-12-11(15)10(9-14)19-13(12)16-5-8-17-6-3-2-4-7-17/h16H,2-8,15H2,1H3. The zero-order chi connectivity index (χ0) is 13.7. The number of nitrogens with two attached hydrogens (primary N) is 1. The average Bonchev–Trinajstić information content (AvgIpc) is 2.75. The highest BCUT2D eigenvalue weighted by molar-refractivity contribution is 7.17. The monoisotopic (exact) mass is 280 g/mol. The summed E-state index contributed by atoms with van der Waals surface area (Å²) in [6.45, 7) is 4.24. The molecule has 0 bridgehead atoms. The fraction of sp³-hybridized carbons (Fsp3) is 0.615. The van der Waals surface area contributed by atoms with Gasteiger partial charge in [-0.15, -0.1) is 11.3 Å². The highest BCUT2D eigenvalue weighted by Crippen LogP contribution is 2.41. The number of hydrogen-bond donors (Lipinski definition) is 2. The van der Waals surface area contributed by atoms with Crippen LogP contribution in [0.2, 0.25) is 0 Å². The number of piperidine rings is 1. The number of hydrogen-bond acceptors (Lipinski definition) is 6. The molecule has 0 aromatic carbocycles. The van der Waals surface area contributed by atoms with E-state index < -0.39 is 0 Å². The molecule has 1 aliphatic rings. The lowest BCUT2D eigenvalue weighted by atomic mass is 10.1. The van der Waals surface area contributed by atoms with Crippen LogP contribution in [0.25, 0.3) is 0 Å². The first-order valence-electron chi connectivity index (χ1n) is 6.59. The van der Waals surface area contributed by atoms with E-state index in [-0.39, 0.29) is 0 Å². The largest absolute Gasteiger partial charge is 0.492 e. The maximum absolute atomic E-state index is 8.97. The molecule has 2 heterocycles. The summed E-state index contributed by atoms with van der Waals surface area (Å²) in [5.41, 5.74) is 6.29. The molecule has 1 aliphatic heterocycles. The lowest BCUT2D eigenvalue weighted by molar-refractivity contribution is 0.237. The predicted octanol–water partition coefficient (Wildman–Crippen LogP) is 2.11. The molecule has 0 amide bonds. The van der Waals surface area contributed by atoms with Crippen LogP contribution in [0.3, 0.4) is 0 Å². The van der Waals surface area contributed by atoms with Gasteiger partial charge in [-0.25, -0.2) is 0 Å². The number of nitriles is 1. The van der Waals surface area contributed by atoms with E-state index in [1.165, 1.54) is 43.7 Å². The van der Waals surface area contributed by atoms with Crippen LogP contribution >= 0.6 is 11.3 Å². The molecule has 1 fully saturated rings. The second-order valence-corrected chi connectivity index (χ2v) is 5.67. The summed E-state index contributed by atoms with van der Waals surface area (Å²) in [6.07, 6.45) is 3.95. The van der Waals surface area contributed by atoms with Gasteiger partial charge in [0.25, 0.3) is 0 Å². The molecule has 1 saturated heterocycles. The molecule has 2 rings (SSSR count). The van der Waals surface area contributed by atoms with Crippen molar-refractivity contribution < 1.29 is 4.74 Å². The first-order chi connectivity index (χ1) is 9.26. The van der Waals surface area contributed by atoms with Crippen molar-refractivity contribution in [2.45, 2.75) is 19.3 Å². The Hall–Kier alpha value is -1.45. The van der Waals surface area contributed by atoms with E-state index in [0.29, 0.717) is 16.3 Å². The SMILES string of the molecule is COc1c(NCCN2CCCCC2)sc(C#N)c1N. The summed E-state index contributed by atoms with van der Waals surface area (Å²) < 4.78 is 5.26. The molecule has 19 heavy (non-hydrogen) atoms. The van der Waals surface area contributed by atoms with Crippen molar-refractivity contribution in [3.05, 3.63) is 4.88 Å². The third-order valence-corrected chi connectivity index (χ3v) is 4.42. The van der Waals surface area contributed by atoms with E-state index in [4.69, 9.17) is 15.7 Å². The van der Waals surface area contributed by atoms with Crippen molar-refractivity contribution in [1.82, 2.24) is 4.90 Å². The number of nitrogen functional groups attached to an aromatic ring is 1. The zero-order valence-electron chi connectivity index (χ0n) is 11.2. The van der Waals surface area contributed by atoms with Crippen molar-refractivity contribution in [2.24, 2.45) is 0 Å². The molecule has 5 nitrogen and oxygen atoms in total. The lowest BCUT2D eigenvalue weighted by Crippen LogP contribution is -2.33. The lowest BCUT2D eigenvalue weighted by Gasteiger charge is -2.26. The summed E-state index contributed by atoms with van der Waals surface area (Å²) in [7, 11) is 1.58. The van der Waals surface area contributed by atoms with Gasteiger partial charge in [0.05, 0.1) is 7.11 Å². The number of ether oxygens (including phenoxy) is 1. The van der Waals surface area contributed by atoms with Gasteiger partial charge in [0, 0.05) is 13.1 Å². The predicted molar refractivity (Wildman–Crippen MR) is 78.8 cm³/mol. The minimum Gasteiger partial charge on any atom is -0.492 e. The van der Waals surface area contributed by atoms with Crippen LogP contribution < -0.4 is 15.8 Å². The highest BCUT2D eigenvalue weighted by atomic mass is 32.1. The normalized spacial score (nSPS) is 16.0. The number of nitrogens with zero attached hydrogens (tertiary/aromatic N) is 2. The van der Waals surface area contributed by atoms with Gasteiger partial charge in [-0.3, -0.25) is 0 Å². The van der Waals surface area contributed by atoms with Crippen molar-refractivity contribution in [3.63, 3.8) is 0 Å². The molecule has 104 valence electrons. The van der Waals surface area contributed by atoms with Gasteiger partial charge in [0.1, 0.15) is 21.6 Å². The Balaban J connectivity index is 1.90. The van der Waals surface area contributed by atoms with Crippen LogP contribution in [0.1, 0.15) is 24.1 Å². The molecule has 6 heteroatoms. The Labute approximate surface area is 118 Å². The molecule has 1 aromatic heterocycles. The molecule has 1 aromatic rings. The smallest absolute Gasteiger partial charge is 0.177 e. The Morgan fingerprint density at radius 2 is 2.16 bits per heavy atom. The van der Waals surface area contributed by atoms with Gasteiger partial charge in [-0.2, -0.15) is 5.26 Å². The van der Waals surface area contributed by atoms with Crippen molar-refractivity contribution >= 4 is 22.0 Å².